The average molecular weight is 700 g/mol. The van der Waals surface area contributed by atoms with Crippen molar-refractivity contribution in [2.45, 2.75) is 58.3 Å². The van der Waals surface area contributed by atoms with Crippen LogP contribution in [0.5, 0.6) is 0 Å². The Morgan fingerprint density at radius 3 is 2.37 bits per heavy atom. The van der Waals surface area contributed by atoms with E-state index >= 15 is 0 Å². The van der Waals surface area contributed by atoms with Gasteiger partial charge in [-0.3, -0.25) is 15.0 Å². The van der Waals surface area contributed by atoms with Crippen LogP contribution < -0.4 is 0 Å². The van der Waals surface area contributed by atoms with Gasteiger partial charge in [-0.25, -0.2) is 0 Å². The smallest absolute Gasteiger partial charge is 0.0970 e. The standard InChI is InChI=1S/C51H45N3/c1-34(47-33-40-19-13-31-52-49(40)51-46(47)24-14-32-53-51)25-30-41(37-15-5-3-6-16-37)38-28-26-36(27-29-38)35(2)54-50-45-23-12-10-21-43(45)42-20-9-11-22-44(42)48(50)39-17-7-4-8-18-39/h3,5-7,11-15,17-19,22-28,30-33,38H,1,4,8-10,16,20-21,29H2,2H3/b30-25-,41-37+,54-35?. The molecule has 54 heavy (non-hydrogen) atoms. The molecule has 4 aromatic rings. The van der Waals surface area contributed by atoms with Gasteiger partial charge in [-0.1, -0.05) is 116 Å². The van der Waals surface area contributed by atoms with Gasteiger partial charge in [-0.2, -0.15) is 0 Å². The van der Waals surface area contributed by atoms with Gasteiger partial charge in [0.15, 0.2) is 0 Å². The molecule has 2 heterocycles. The molecule has 3 heteroatoms. The minimum Gasteiger partial charge on any atom is -0.254 e. The highest BCUT2D eigenvalue weighted by molar-refractivity contribution is 6.09. The molecule has 5 aliphatic carbocycles. The number of rotatable bonds is 7. The Morgan fingerprint density at radius 1 is 0.796 bits per heavy atom. The maximum atomic E-state index is 5.55. The van der Waals surface area contributed by atoms with Crippen molar-refractivity contribution in [1.29, 1.82) is 0 Å². The molecule has 2 aromatic heterocycles. The molecule has 0 bridgehead atoms. The van der Waals surface area contributed by atoms with Crippen LogP contribution in [0.4, 0.5) is 5.69 Å². The van der Waals surface area contributed by atoms with Gasteiger partial charge < -0.3 is 0 Å². The van der Waals surface area contributed by atoms with Crippen molar-refractivity contribution in [2.24, 2.45) is 10.9 Å². The summed E-state index contributed by atoms with van der Waals surface area (Å²) in [6, 6.07) is 10.4. The summed E-state index contributed by atoms with van der Waals surface area (Å²) < 4.78 is 0. The summed E-state index contributed by atoms with van der Waals surface area (Å²) in [5, 5.41) is 2.14. The van der Waals surface area contributed by atoms with Gasteiger partial charge in [0.05, 0.1) is 16.7 Å². The van der Waals surface area contributed by atoms with Crippen LogP contribution in [0.1, 0.15) is 78.8 Å². The van der Waals surface area contributed by atoms with Crippen molar-refractivity contribution in [3.05, 3.63) is 184 Å². The predicted octanol–water partition coefficient (Wildman–Crippen LogP) is 13.1. The van der Waals surface area contributed by atoms with Crippen LogP contribution in [0, 0.1) is 5.92 Å². The van der Waals surface area contributed by atoms with Crippen LogP contribution in [-0.4, -0.2) is 15.7 Å². The average Bonchev–Trinajstić information content (AvgIpc) is 3.24. The molecule has 9 rings (SSSR count). The Kier molecular flexibility index (Phi) is 9.31. The second-order valence-electron chi connectivity index (χ2n) is 14.8. The van der Waals surface area contributed by atoms with E-state index in [1.807, 2.05) is 24.5 Å². The lowest BCUT2D eigenvalue weighted by molar-refractivity contribution is 0.773. The van der Waals surface area contributed by atoms with E-state index < -0.39 is 0 Å². The van der Waals surface area contributed by atoms with Crippen molar-refractivity contribution in [2.75, 3.05) is 0 Å². The molecule has 2 aromatic carbocycles. The van der Waals surface area contributed by atoms with Crippen LogP contribution in [0.3, 0.4) is 0 Å². The van der Waals surface area contributed by atoms with E-state index in [-0.39, 0.29) is 5.92 Å². The fraction of sp³-hybridized carbons (Fsp3) is 0.196. The Balaban J connectivity index is 1.05. The van der Waals surface area contributed by atoms with Gasteiger partial charge in [-0.15, -0.1) is 0 Å². The minimum absolute atomic E-state index is 0.244. The fourth-order valence-electron chi connectivity index (χ4n) is 8.75. The van der Waals surface area contributed by atoms with Crippen molar-refractivity contribution < 1.29 is 0 Å². The molecule has 1 atom stereocenters. The van der Waals surface area contributed by atoms with E-state index in [1.165, 1.54) is 50.1 Å². The Morgan fingerprint density at radius 2 is 1.59 bits per heavy atom. The molecule has 3 nitrogen and oxygen atoms in total. The highest BCUT2D eigenvalue weighted by atomic mass is 14.8. The molecule has 0 radical (unpaired) electrons. The maximum absolute atomic E-state index is 5.55. The number of hydrogen-bond donors (Lipinski definition) is 0. The zero-order chi connectivity index (χ0) is 36.4. The van der Waals surface area contributed by atoms with Crippen LogP contribution in [0.15, 0.2) is 156 Å². The van der Waals surface area contributed by atoms with Crippen LogP contribution in [0.2, 0.25) is 0 Å². The van der Waals surface area contributed by atoms with E-state index in [1.54, 1.807) is 0 Å². The van der Waals surface area contributed by atoms with Crippen LogP contribution in [-0.2, 0) is 12.8 Å². The van der Waals surface area contributed by atoms with E-state index in [2.05, 4.69) is 134 Å². The SMILES string of the molecule is C=C(/C=C\C(=C1\C=CC=CC1)C1C=CC(C(C)=Nc2c3c(c4c(c2C2=CCCC=C2)C=CCC4)CCC=C3)=CC1)c1cc2cccnc2c2ncccc12. The third-order valence-corrected chi connectivity index (χ3v) is 11.5. The summed E-state index contributed by atoms with van der Waals surface area (Å²) >= 11 is 0. The molecule has 5 aliphatic rings. The zero-order valence-corrected chi connectivity index (χ0v) is 31.1. The van der Waals surface area contributed by atoms with Crippen molar-refractivity contribution in [3.63, 3.8) is 0 Å². The molecular weight excluding hydrogens is 655 g/mol. The first kappa shape index (κ1) is 33.9. The normalized spacial score (nSPS) is 20.0. The van der Waals surface area contributed by atoms with Gasteiger partial charge in [0.25, 0.3) is 0 Å². The summed E-state index contributed by atoms with van der Waals surface area (Å²) in [7, 11) is 0. The van der Waals surface area contributed by atoms with Gasteiger partial charge >= 0.3 is 0 Å². The van der Waals surface area contributed by atoms with Crippen molar-refractivity contribution in [1.82, 2.24) is 9.97 Å². The summed E-state index contributed by atoms with van der Waals surface area (Å²) in [4.78, 5) is 14.9. The van der Waals surface area contributed by atoms with E-state index in [0.29, 0.717) is 0 Å². The van der Waals surface area contributed by atoms with E-state index in [9.17, 15) is 0 Å². The number of hydrogen-bond acceptors (Lipinski definition) is 3. The molecule has 0 spiro atoms. The predicted molar refractivity (Wildman–Crippen MR) is 231 cm³/mol. The fourth-order valence-corrected chi connectivity index (χ4v) is 8.75. The molecule has 0 saturated carbocycles. The lowest BCUT2D eigenvalue weighted by atomic mass is 9.79. The highest BCUT2D eigenvalue weighted by Crippen LogP contribution is 2.45. The lowest BCUT2D eigenvalue weighted by Crippen LogP contribution is -2.11. The number of allylic oxidation sites excluding steroid dienone is 19. The topological polar surface area (TPSA) is 38.1 Å². The number of aromatic nitrogens is 2. The lowest BCUT2D eigenvalue weighted by Gasteiger charge is -2.27. The minimum atomic E-state index is 0.244. The van der Waals surface area contributed by atoms with Crippen LogP contribution in [0.25, 0.3) is 45.1 Å². The molecular formula is C51H45N3. The molecule has 0 fully saturated rings. The first-order valence-corrected chi connectivity index (χ1v) is 19.6. The molecule has 0 saturated heterocycles. The van der Waals surface area contributed by atoms with Gasteiger partial charge in [0.2, 0.25) is 0 Å². The number of fused-ring (bicyclic) bond motifs is 6. The summed E-state index contributed by atoms with van der Waals surface area (Å²) in [6.45, 7) is 6.76. The summed E-state index contributed by atoms with van der Waals surface area (Å²) in [5.41, 5.74) is 18.3. The number of pyridine rings is 2. The molecule has 0 N–H and O–H groups in total. The quantitative estimate of drug-likeness (QED) is 0.109. The second kappa shape index (κ2) is 14.8. The van der Waals surface area contributed by atoms with Crippen molar-refractivity contribution >= 4 is 56.5 Å². The third-order valence-electron chi connectivity index (χ3n) is 11.5. The number of benzene rings is 2. The van der Waals surface area contributed by atoms with Gasteiger partial charge in [0, 0.05) is 45.9 Å². The molecule has 0 amide bonds. The monoisotopic (exact) mass is 699 g/mol. The number of nitrogens with zero attached hydrogens (tertiary/aromatic N) is 3. The first-order valence-electron chi connectivity index (χ1n) is 19.6. The van der Waals surface area contributed by atoms with Gasteiger partial charge in [0.1, 0.15) is 0 Å². The largest absolute Gasteiger partial charge is 0.254 e. The molecule has 0 aliphatic heterocycles. The molecule has 1 unspecified atom stereocenters. The summed E-state index contributed by atoms with van der Waals surface area (Å²) in [5.74, 6) is 0.244. The van der Waals surface area contributed by atoms with Crippen molar-refractivity contribution in [3.8, 4) is 0 Å². The molecule has 264 valence electrons. The van der Waals surface area contributed by atoms with E-state index in [4.69, 9.17) is 9.98 Å². The van der Waals surface area contributed by atoms with Crippen LogP contribution >= 0.6 is 0 Å². The second-order valence-corrected chi connectivity index (χ2v) is 14.8. The van der Waals surface area contributed by atoms with E-state index in [0.717, 1.165) is 95.7 Å². The Bertz CT molecular complexity index is 2570. The Hall–Kier alpha value is -5.93. The zero-order valence-electron chi connectivity index (χ0n) is 31.1. The number of aliphatic imine (C=N–C) groups is 1. The maximum Gasteiger partial charge on any atom is 0.0970 e. The first-order chi connectivity index (χ1) is 26.6. The third kappa shape index (κ3) is 6.38. The van der Waals surface area contributed by atoms with Gasteiger partial charge in [-0.05, 0) is 127 Å². The Labute approximate surface area is 319 Å². The highest BCUT2D eigenvalue weighted by Gasteiger charge is 2.26. The summed E-state index contributed by atoms with van der Waals surface area (Å²) in [6.07, 6.45) is 48.9.